The van der Waals surface area contributed by atoms with Gasteiger partial charge in [-0.2, -0.15) is 13.2 Å². The number of hydrogen-bond donors (Lipinski definition) is 2. The SMILES string of the molecule is CNC1(CO)CCC(C(F)(F)F)CC1. The Morgan fingerprint density at radius 2 is 1.86 bits per heavy atom. The summed E-state index contributed by atoms with van der Waals surface area (Å²) in [5, 5.41) is 12.0. The van der Waals surface area contributed by atoms with E-state index in [1.165, 1.54) is 0 Å². The van der Waals surface area contributed by atoms with E-state index < -0.39 is 17.6 Å². The molecule has 0 aliphatic heterocycles. The summed E-state index contributed by atoms with van der Waals surface area (Å²) in [6, 6.07) is 0. The van der Waals surface area contributed by atoms with Crippen LogP contribution in [0.5, 0.6) is 0 Å². The Labute approximate surface area is 81.5 Å². The van der Waals surface area contributed by atoms with Crippen LogP contribution in [0.4, 0.5) is 13.2 Å². The maximum absolute atomic E-state index is 12.3. The molecule has 1 rings (SSSR count). The number of halogens is 3. The monoisotopic (exact) mass is 211 g/mol. The van der Waals surface area contributed by atoms with Crippen LogP contribution in [0, 0.1) is 5.92 Å². The number of hydrogen-bond acceptors (Lipinski definition) is 2. The third-order valence-electron chi connectivity index (χ3n) is 3.24. The molecular weight excluding hydrogens is 195 g/mol. The largest absolute Gasteiger partial charge is 0.394 e. The van der Waals surface area contributed by atoms with E-state index in [-0.39, 0.29) is 19.4 Å². The first-order valence-corrected chi connectivity index (χ1v) is 4.80. The minimum Gasteiger partial charge on any atom is -0.394 e. The van der Waals surface area contributed by atoms with Crippen molar-refractivity contribution in [2.75, 3.05) is 13.7 Å². The molecule has 0 bridgehead atoms. The number of nitrogens with one attached hydrogen (secondary N) is 1. The second-order valence-electron chi connectivity index (χ2n) is 4.00. The normalized spacial score (nSPS) is 34.5. The molecule has 0 amide bonds. The van der Waals surface area contributed by atoms with E-state index in [2.05, 4.69) is 5.32 Å². The third-order valence-corrected chi connectivity index (χ3v) is 3.24. The molecule has 1 fully saturated rings. The van der Waals surface area contributed by atoms with Crippen LogP contribution in [-0.4, -0.2) is 30.5 Å². The van der Waals surface area contributed by atoms with Crippen molar-refractivity contribution in [3.05, 3.63) is 0 Å². The Morgan fingerprint density at radius 3 is 2.14 bits per heavy atom. The molecule has 0 atom stereocenters. The summed E-state index contributed by atoms with van der Waals surface area (Å²) in [5.74, 6) is -1.18. The number of aliphatic hydroxyl groups is 1. The van der Waals surface area contributed by atoms with E-state index in [4.69, 9.17) is 5.11 Å². The average Bonchev–Trinajstić information content (AvgIpc) is 2.16. The first-order chi connectivity index (χ1) is 6.43. The molecule has 2 N–H and O–H groups in total. The van der Waals surface area contributed by atoms with Crippen molar-refractivity contribution < 1.29 is 18.3 Å². The molecule has 0 aromatic rings. The molecule has 0 unspecified atom stereocenters. The highest BCUT2D eigenvalue weighted by molar-refractivity contribution is 4.92. The van der Waals surface area contributed by atoms with Crippen LogP contribution < -0.4 is 5.32 Å². The van der Waals surface area contributed by atoms with Crippen molar-refractivity contribution in [2.45, 2.75) is 37.4 Å². The van der Waals surface area contributed by atoms with E-state index in [9.17, 15) is 13.2 Å². The summed E-state index contributed by atoms with van der Waals surface area (Å²) < 4.78 is 37.0. The maximum Gasteiger partial charge on any atom is 0.391 e. The lowest BCUT2D eigenvalue weighted by Gasteiger charge is -2.39. The first kappa shape index (κ1) is 11.8. The molecule has 5 heteroatoms. The van der Waals surface area contributed by atoms with E-state index in [0.29, 0.717) is 12.8 Å². The predicted octanol–water partition coefficient (Wildman–Crippen LogP) is 1.69. The van der Waals surface area contributed by atoms with Gasteiger partial charge in [0.2, 0.25) is 0 Å². The van der Waals surface area contributed by atoms with E-state index in [1.54, 1.807) is 7.05 Å². The molecule has 0 aromatic heterocycles. The fourth-order valence-electron chi connectivity index (χ4n) is 1.98. The summed E-state index contributed by atoms with van der Waals surface area (Å²) in [6.45, 7) is -0.0892. The highest BCUT2D eigenvalue weighted by Gasteiger charge is 2.45. The van der Waals surface area contributed by atoms with Crippen LogP contribution in [0.3, 0.4) is 0 Å². The quantitative estimate of drug-likeness (QED) is 0.728. The Bertz CT molecular complexity index is 179. The Hall–Kier alpha value is -0.290. The van der Waals surface area contributed by atoms with E-state index in [0.717, 1.165) is 0 Å². The second-order valence-corrected chi connectivity index (χ2v) is 4.00. The van der Waals surface area contributed by atoms with Gasteiger partial charge in [-0.3, -0.25) is 0 Å². The zero-order valence-corrected chi connectivity index (χ0v) is 8.19. The molecule has 0 heterocycles. The molecule has 0 aromatic carbocycles. The molecule has 0 radical (unpaired) electrons. The zero-order chi connectivity index (χ0) is 10.8. The molecule has 84 valence electrons. The first-order valence-electron chi connectivity index (χ1n) is 4.80. The Morgan fingerprint density at radius 1 is 1.36 bits per heavy atom. The second kappa shape index (κ2) is 4.06. The standard InChI is InChI=1S/C9H16F3NO/c1-13-8(6-14)4-2-7(3-5-8)9(10,11)12/h7,13-14H,2-6H2,1H3. The molecular formula is C9H16F3NO. The average molecular weight is 211 g/mol. The molecule has 1 saturated carbocycles. The summed E-state index contributed by atoms with van der Waals surface area (Å²) >= 11 is 0. The van der Waals surface area contributed by atoms with Crippen molar-refractivity contribution in [1.29, 1.82) is 0 Å². The summed E-state index contributed by atoms with van der Waals surface area (Å²) in [7, 11) is 1.68. The Balaban J connectivity index is 2.53. The molecule has 2 nitrogen and oxygen atoms in total. The van der Waals surface area contributed by atoms with Crippen LogP contribution in [0.2, 0.25) is 0 Å². The van der Waals surface area contributed by atoms with Crippen molar-refractivity contribution >= 4 is 0 Å². The molecule has 1 aliphatic rings. The zero-order valence-electron chi connectivity index (χ0n) is 8.19. The number of alkyl halides is 3. The van der Waals surface area contributed by atoms with Gasteiger partial charge in [0.1, 0.15) is 0 Å². The van der Waals surface area contributed by atoms with Crippen molar-refractivity contribution in [1.82, 2.24) is 5.32 Å². The number of rotatable bonds is 2. The fraction of sp³-hybridized carbons (Fsp3) is 1.00. The lowest BCUT2D eigenvalue weighted by molar-refractivity contribution is -0.186. The van der Waals surface area contributed by atoms with Gasteiger partial charge in [0, 0.05) is 5.54 Å². The van der Waals surface area contributed by atoms with Gasteiger partial charge in [0.15, 0.2) is 0 Å². The van der Waals surface area contributed by atoms with Gasteiger partial charge >= 0.3 is 6.18 Å². The van der Waals surface area contributed by atoms with Crippen molar-refractivity contribution in [3.63, 3.8) is 0 Å². The van der Waals surface area contributed by atoms with Gasteiger partial charge in [-0.1, -0.05) is 0 Å². The predicted molar refractivity (Wildman–Crippen MR) is 46.9 cm³/mol. The van der Waals surface area contributed by atoms with Gasteiger partial charge < -0.3 is 10.4 Å². The van der Waals surface area contributed by atoms with Gasteiger partial charge in [0.05, 0.1) is 12.5 Å². The molecule has 14 heavy (non-hydrogen) atoms. The topological polar surface area (TPSA) is 32.3 Å². The van der Waals surface area contributed by atoms with Crippen molar-refractivity contribution in [2.24, 2.45) is 5.92 Å². The highest BCUT2D eigenvalue weighted by Crippen LogP contribution is 2.40. The van der Waals surface area contributed by atoms with Gasteiger partial charge in [-0.25, -0.2) is 0 Å². The smallest absolute Gasteiger partial charge is 0.391 e. The minimum absolute atomic E-state index is 0.0892. The van der Waals surface area contributed by atoms with Gasteiger partial charge in [-0.05, 0) is 32.7 Å². The molecule has 0 saturated heterocycles. The van der Waals surface area contributed by atoms with Crippen molar-refractivity contribution in [3.8, 4) is 0 Å². The van der Waals surface area contributed by atoms with Crippen LogP contribution >= 0.6 is 0 Å². The van der Waals surface area contributed by atoms with Crippen LogP contribution in [0.1, 0.15) is 25.7 Å². The summed E-state index contributed by atoms with van der Waals surface area (Å²) in [6.07, 6.45) is -3.06. The summed E-state index contributed by atoms with van der Waals surface area (Å²) in [4.78, 5) is 0. The van der Waals surface area contributed by atoms with Crippen LogP contribution in [-0.2, 0) is 0 Å². The Kier molecular flexibility index (Phi) is 3.42. The maximum atomic E-state index is 12.3. The molecule has 1 aliphatic carbocycles. The van der Waals surface area contributed by atoms with E-state index in [1.807, 2.05) is 0 Å². The number of likely N-dealkylation sites (N-methyl/N-ethyl adjacent to an activating group) is 1. The fourth-order valence-corrected chi connectivity index (χ4v) is 1.98. The van der Waals surface area contributed by atoms with Gasteiger partial charge in [-0.15, -0.1) is 0 Å². The molecule has 0 spiro atoms. The lowest BCUT2D eigenvalue weighted by Crippen LogP contribution is -2.50. The number of aliphatic hydroxyl groups excluding tert-OH is 1. The van der Waals surface area contributed by atoms with E-state index >= 15 is 0 Å². The third kappa shape index (κ3) is 2.39. The van der Waals surface area contributed by atoms with Gasteiger partial charge in [0.25, 0.3) is 0 Å². The highest BCUT2D eigenvalue weighted by atomic mass is 19.4. The lowest BCUT2D eigenvalue weighted by atomic mass is 9.77. The minimum atomic E-state index is -4.07. The van der Waals surface area contributed by atoms with Crippen LogP contribution in [0.15, 0.2) is 0 Å². The van der Waals surface area contributed by atoms with Crippen LogP contribution in [0.25, 0.3) is 0 Å². The summed E-state index contributed by atoms with van der Waals surface area (Å²) in [5.41, 5.74) is -0.484.